The molecule has 6 aromatic rings. The summed E-state index contributed by atoms with van der Waals surface area (Å²) in [5, 5.41) is 8.25. The molecule has 0 radical (unpaired) electrons. The van der Waals surface area contributed by atoms with Crippen LogP contribution in [0.25, 0.3) is 61.6 Å². The summed E-state index contributed by atoms with van der Waals surface area (Å²) in [4.78, 5) is 0. The van der Waals surface area contributed by atoms with Crippen LogP contribution >= 0.6 is 0 Å². The molecule has 0 aromatic heterocycles. The van der Waals surface area contributed by atoms with E-state index in [2.05, 4.69) is 146 Å². The molecule has 0 aliphatic carbocycles. The van der Waals surface area contributed by atoms with Crippen molar-refractivity contribution in [3.05, 3.63) is 163 Å². The van der Waals surface area contributed by atoms with E-state index >= 15 is 0 Å². The van der Waals surface area contributed by atoms with Gasteiger partial charge in [-0.15, -0.1) is 0 Å². The molecule has 0 bridgehead atoms. The van der Waals surface area contributed by atoms with E-state index in [-0.39, 0.29) is 6.04 Å². The molecule has 0 aliphatic heterocycles. The topological polar surface area (TPSA) is 38.0 Å². The molecule has 1 unspecified atom stereocenters. The molecule has 6 aromatic carbocycles. The monoisotopic (exact) mass is 542 g/mol. The molecule has 42 heavy (non-hydrogen) atoms. The SMILES string of the molecule is C=Cc1ccc(-c2cc(/C(=C/C(N)c3cccc4ccccc34)NC)cc(-c3ccc4ccccc4c3)c2)cc1C=C. The van der Waals surface area contributed by atoms with Crippen molar-refractivity contribution in [3.8, 4) is 22.3 Å². The van der Waals surface area contributed by atoms with Gasteiger partial charge in [0.15, 0.2) is 0 Å². The molecule has 2 nitrogen and oxygen atoms in total. The summed E-state index contributed by atoms with van der Waals surface area (Å²) >= 11 is 0. The summed E-state index contributed by atoms with van der Waals surface area (Å²) in [5.74, 6) is 0. The third-order valence-electron chi connectivity index (χ3n) is 7.98. The molecule has 2 heteroatoms. The predicted molar refractivity (Wildman–Crippen MR) is 183 cm³/mol. The van der Waals surface area contributed by atoms with Gasteiger partial charge in [-0.3, -0.25) is 0 Å². The molecule has 204 valence electrons. The van der Waals surface area contributed by atoms with E-state index in [1.165, 1.54) is 21.5 Å². The van der Waals surface area contributed by atoms with Gasteiger partial charge in [-0.05, 0) is 102 Å². The van der Waals surface area contributed by atoms with Gasteiger partial charge in [-0.1, -0.05) is 116 Å². The molecular weight excluding hydrogens is 508 g/mol. The average Bonchev–Trinajstić information content (AvgIpc) is 3.06. The van der Waals surface area contributed by atoms with Gasteiger partial charge < -0.3 is 11.1 Å². The van der Waals surface area contributed by atoms with Gasteiger partial charge in [-0.25, -0.2) is 0 Å². The van der Waals surface area contributed by atoms with Gasteiger partial charge in [0.05, 0.1) is 6.04 Å². The number of hydrogen-bond donors (Lipinski definition) is 2. The molecule has 1 atom stereocenters. The highest BCUT2D eigenvalue weighted by atomic mass is 14.8. The van der Waals surface area contributed by atoms with Gasteiger partial charge >= 0.3 is 0 Å². The van der Waals surface area contributed by atoms with Crippen LogP contribution in [0, 0.1) is 0 Å². The number of nitrogens with one attached hydrogen (secondary N) is 1. The lowest BCUT2D eigenvalue weighted by molar-refractivity contribution is 0.912. The zero-order chi connectivity index (χ0) is 29.1. The fourth-order valence-electron chi connectivity index (χ4n) is 5.74. The van der Waals surface area contributed by atoms with E-state index in [1.54, 1.807) is 0 Å². The first-order valence-electron chi connectivity index (χ1n) is 14.2. The normalized spacial score (nSPS) is 12.3. The molecule has 6 rings (SSSR count). The largest absolute Gasteiger partial charge is 0.388 e. The quantitative estimate of drug-likeness (QED) is 0.201. The van der Waals surface area contributed by atoms with E-state index in [4.69, 9.17) is 5.73 Å². The van der Waals surface area contributed by atoms with E-state index < -0.39 is 0 Å². The smallest absolute Gasteiger partial charge is 0.0510 e. The van der Waals surface area contributed by atoms with Crippen LogP contribution in [0.5, 0.6) is 0 Å². The number of benzene rings is 6. The third-order valence-corrected chi connectivity index (χ3v) is 7.98. The number of rotatable bonds is 8. The lowest BCUT2D eigenvalue weighted by atomic mass is 9.91. The Balaban J connectivity index is 1.51. The molecule has 0 saturated carbocycles. The predicted octanol–water partition coefficient (Wildman–Crippen LogP) is 9.87. The fraction of sp³-hybridized carbons (Fsp3) is 0.0500. The molecule has 0 aliphatic rings. The highest BCUT2D eigenvalue weighted by Gasteiger charge is 2.13. The second-order valence-electron chi connectivity index (χ2n) is 10.5. The minimum absolute atomic E-state index is 0.287. The van der Waals surface area contributed by atoms with E-state index in [0.717, 1.165) is 50.2 Å². The molecule has 0 fully saturated rings. The zero-order valence-electron chi connectivity index (χ0n) is 23.8. The van der Waals surface area contributed by atoms with Crippen molar-refractivity contribution in [2.75, 3.05) is 7.05 Å². The summed E-state index contributed by atoms with van der Waals surface area (Å²) in [7, 11) is 1.96. The first kappa shape index (κ1) is 27.0. The van der Waals surface area contributed by atoms with Gasteiger partial charge in [0.1, 0.15) is 0 Å². The average molecular weight is 543 g/mol. The summed E-state index contributed by atoms with van der Waals surface area (Å²) in [5.41, 5.74) is 16.7. The van der Waals surface area contributed by atoms with Crippen molar-refractivity contribution in [3.63, 3.8) is 0 Å². The van der Waals surface area contributed by atoms with Crippen LogP contribution in [0.2, 0.25) is 0 Å². The summed E-state index contributed by atoms with van der Waals surface area (Å²) in [6, 6.07) is 42.7. The Hall–Kier alpha value is -5.18. The van der Waals surface area contributed by atoms with Crippen molar-refractivity contribution in [2.24, 2.45) is 5.73 Å². The Bertz CT molecular complexity index is 1970. The molecular formula is C40H34N2. The Morgan fingerprint density at radius 3 is 2.00 bits per heavy atom. The summed E-state index contributed by atoms with van der Waals surface area (Å²) in [6.45, 7) is 7.99. The Labute approximate surface area is 248 Å². The molecule has 0 spiro atoms. The van der Waals surface area contributed by atoms with E-state index in [1.807, 2.05) is 19.2 Å². The molecule has 0 heterocycles. The van der Waals surface area contributed by atoms with Crippen LogP contribution in [0.15, 0.2) is 141 Å². The molecule has 0 amide bonds. The van der Waals surface area contributed by atoms with Gasteiger partial charge in [0.2, 0.25) is 0 Å². The fourth-order valence-corrected chi connectivity index (χ4v) is 5.74. The Morgan fingerprint density at radius 2 is 1.26 bits per heavy atom. The molecule has 3 N–H and O–H groups in total. The summed E-state index contributed by atoms with van der Waals surface area (Å²) in [6.07, 6.45) is 5.88. The summed E-state index contributed by atoms with van der Waals surface area (Å²) < 4.78 is 0. The molecule has 0 saturated heterocycles. The highest BCUT2D eigenvalue weighted by molar-refractivity contribution is 5.90. The van der Waals surface area contributed by atoms with Crippen LogP contribution in [-0.2, 0) is 0 Å². The van der Waals surface area contributed by atoms with Crippen LogP contribution in [0.1, 0.15) is 28.3 Å². The maximum Gasteiger partial charge on any atom is 0.0510 e. The number of fused-ring (bicyclic) bond motifs is 2. The van der Waals surface area contributed by atoms with Gasteiger partial charge in [-0.2, -0.15) is 0 Å². The van der Waals surface area contributed by atoms with Crippen LogP contribution in [0.4, 0.5) is 0 Å². The van der Waals surface area contributed by atoms with Crippen molar-refractivity contribution in [1.82, 2.24) is 5.32 Å². The standard InChI is InChI=1S/C40H34N2/c1-4-27-17-19-32(21-28(27)5-2)34-23-35(33-20-18-29-11-6-7-13-31(29)22-33)25-36(24-34)40(42-3)26-39(41)38-16-10-14-30-12-8-9-15-37(30)38/h4-26,39,42H,1-2,41H2,3H3/b40-26-. The first-order valence-corrected chi connectivity index (χ1v) is 14.2. The zero-order valence-corrected chi connectivity index (χ0v) is 23.8. The second kappa shape index (κ2) is 11.7. The minimum atomic E-state index is -0.287. The van der Waals surface area contributed by atoms with Crippen LogP contribution in [0.3, 0.4) is 0 Å². The Morgan fingerprint density at radius 1 is 0.619 bits per heavy atom. The van der Waals surface area contributed by atoms with E-state index in [9.17, 15) is 0 Å². The lowest BCUT2D eigenvalue weighted by Gasteiger charge is -2.17. The maximum atomic E-state index is 6.87. The van der Waals surface area contributed by atoms with Crippen molar-refractivity contribution in [1.29, 1.82) is 0 Å². The minimum Gasteiger partial charge on any atom is -0.388 e. The number of hydrogen-bond acceptors (Lipinski definition) is 2. The second-order valence-corrected chi connectivity index (χ2v) is 10.5. The van der Waals surface area contributed by atoms with Crippen LogP contribution < -0.4 is 11.1 Å². The lowest BCUT2D eigenvalue weighted by Crippen LogP contribution is -2.13. The highest BCUT2D eigenvalue weighted by Crippen LogP contribution is 2.34. The van der Waals surface area contributed by atoms with Gasteiger partial charge in [0.25, 0.3) is 0 Å². The maximum absolute atomic E-state index is 6.87. The van der Waals surface area contributed by atoms with Crippen molar-refractivity contribution < 1.29 is 0 Å². The van der Waals surface area contributed by atoms with Crippen molar-refractivity contribution >= 4 is 39.4 Å². The first-order chi connectivity index (χ1) is 20.6. The van der Waals surface area contributed by atoms with Crippen LogP contribution in [-0.4, -0.2) is 7.05 Å². The number of nitrogens with two attached hydrogens (primary N) is 1. The van der Waals surface area contributed by atoms with E-state index in [0.29, 0.717) is 0 Å². The van der Waals surface area contributed by atoms with Crippen molar-refractivity contribution in [2.45, 2.75) is 6.04 Å². The van der Waals surface area contributed by atoms with Gasteiger partial charge in [0, 0.05) is 12.7 Å². The Kier molecular flexibility index (Phi) is 7.55. The third kappa shape index (κ3) is 5.28.